The second-order valence-corrected chi connectivity index (χ2v) is 3.86. The summed E-state index contributed by atoms with van der Waals surface area (Å²) < 4.78 is 5.62. The first-order valence-electron chi connectivity index (χ1n) is 5.32. The molecule has 2 atom stereocenters. The number of hydrogen-bond donors (Lipinski definition) is 2. The van der Waals surface area contributed by atoms with Crippen LogP contribution in [0.3, 0.4) is 0 Å². The lowest BCUT2D eigenvalue weighted by molar-refractivity contribution is 0.0157. The number of likely N-dealkylation sites (N-methyl/N-ethyl adjacent to an activating group) is 1. The van der Waals surface area contributed by atoms with E-state index in [0.717, 1.165) is 19.7 Å². The highest BCUT2D eigenvalue weighted by Crippen LogP contribution is 2.11. The second-order valence-electron chi connectivity index (χ2n) is 3.86. The minimum Gasteiger partial charge on any atom is -0.377 e. The summed E-state index contributed by atoms with van der Waals surface area (Å²) in [5.74, 6) is 0. The van der Waals surface area contributed by atoms with Crippen molar-refractivity contribution in [2.24, 2.45) is 0 Å². The first-order valence-corrected chi connectivity index (χ1v) is 5.32. The lowest BCUT2D eigenvalue weighted by Gasteiger charge is -2.24. The molecule has 1 rings (SSSR count). The van der Waals surface area contributed by atoms with Crippen molar-refractivity contribution in [3.8, 4) is 0 Å². The lowest BCUT2D eigenvalue weighted by Crippen LogP contribution is -2.40. The van der Waals surface area contributed by atoms with Gasteiger partial charge in [0.05, 0.1) is 6.10 Å². The van der Waals surface area contributed by atoms with Crippen molar-refractivity contribution in [3.05, 3.63) is 0 Å². The molecule has 0 radical (unpaired) electrons. The fraction of sp³-hybridized carbons (Fsp3) is 1.00. The molecule has 2 N–H and O–H groups in total. The molecule has 0 aromatic heterocycles. The van der Waals surface area contributed by atoms with Gasteiger partial charge in [0.1, 0.15) is 0 Å². The van der Waals surface area contributed by atoms with E-state index in [9.17, 15) is 0 Å². The van der Waals surface area contributed by atoms with Crippen LogP contribution in [0.15, 0.2) is 0 Å². The fourth-order valence-corrected chi connectivity index (χ4v) is 1.68. The van der Waals surface area contributed by atoms with Gasteiger partial charge in [0.15, 0.2) is 0 Å². The van der Waals surface area contributed by atoms with Gasteiger partial charge in [-0.3, -0.25) is 0 Å². The molecule has 1 aliphatic rings. The minimum atomic E-state index is 0.452. The summed E-state index contributed by atoms with van der Waals surface area (Å²) in [5.41, 5.74) is 0. The quantitative estimate of drug-likeness (QED) is 0.665. The Balaban J connectivity index is 2.03. The Bertz CT molecular complexity index is 124. The molecule has 0 aromatic rings. The van der Waals surface area contributed by atoms with E-state index >= 15 is 0 Å². The monoisotopic (exact) mass is 186 g/mol. The minimum absolute atomic E-state index is 0.452. The molecule has 0 amide bonds. The summed E-state index contributed by atoms with van der Waals surface area (Å²) >= 11 is 0. The van der Waals surface area contributed by atoms with E-state index < -0.39 is 0 Å². The molecule has 1 saturated heterocycles. The average molecular weight is 186 g/mol. The maximum Gasteiger partial charge on any atom is 0.0699 e. The number of nitrogens with one attached hydrogen (secondary N) is 2. The van der Waals surface area contributed by atoms with Crippen LogP contribution in [0.5, 0.6) is 0 Å². The number of rotatable bonds is 5. The van der Waals surface area contributed by atoms with E-state index in [0.29, 0.717) is 12.1 Å². The van der Waals surface area contributed by atoms with Crippen LogP contribution in [0, 0.1) is 0 Å². The molecule has 1 heterocycles. The van der Waals surface area contributed by atoms with E-state index in [-0.39, 0.29) is 0 Å². The highest BCUT2D eigenvalue weighted by atomic mass is 16.5. The third kappa shape index (κ3) is 4.60. The van der Waals surface area contributed by atoms with Crippen molar-refractivity contribution in [1.29, 1.82) is 0 Å². The second kappa shape index (κ2) is 6.35. The van der Waals surface area contributed by atoms with Crippen molar-refractivity contribution < 1.29 is 4.74 Å². The summed E-state index contributed by atoms with van der Waals surface area (Å²) in [6.45, 7) is 5.17. The van der Waals surface area contributed by atoms with Crippen molar-refractivity contribution in [2.45, 2.75) is 38.3 Å². The third-order valence-electron chi connectivity index (χ3n) is 2.48. The molecule has 13 heavy (non-hydrogen) atoms. The molecular formula is C10H22N2O. The maximum absolute atomic E-state index is 5.62. The summed E-state index contributed by atoms with van der Waals surface area (Å²) in [4.78, 5) is 0. The van der Waals surface area contributed by atoms with E-state index in [2.05, 4.69) is 17.6 Å². The third-order valence-corrected chi connectivity index (χ3v) is 2.48. The summed E-state index contributed by atoms with van der Waals surface area (Å²) in [7, 11) is 1.98. The maximum atomic E-state index is 5.62. The van der Waals surface area contributed by atoms with Gasteiger partial charge in [-0.2, -0.15) is 0 Å². The molecule has 3 heteroatoms. The Morgan fingerprint density at radius 2 is 2.31 bits per heavy atom. The largest absolute Gasteiger partial charge is 0.377 e. The standard InChI is InChI=1S/C10H22N2O/c1-9(7-11-2)12-8-10-5-3-4-6-13-10/h9-12H,3-8H2,1-2H3. The van der Waals surface area contributed by atoms with Crippen molar-refractivity contribution in [2.75, 3.05) is 26.7 Å². The smallest absolute Gasteiger partial charge is 0.0699 e. The van der Waals surface area contributed by atoms with Gasteiger partial charge in [0.25, 0.3) is 0 Å². The molecular weight excluding hydrogens is 164 g/mol. The highest BCUT2D eigenvalue weighted by molar-refractivity contribution is 4.70. The van der Waals surface area contributed by atoms with E-state index in [1.54, 1.807) is 0 Å². The van der Waals surface area contributed by atoms with Crippen molar-refractivity contribution in [1.82, 2.24) is 10.6 Å². The summed E-state index contributed by atoms with van der Waals surface area (Å²) in [6, 6.07) is 0.538. The predicted molar refractivity (Wildman–Crippen MR) is 55.0 cm³/mol. The van der Waals surface area contributed by atoms with Gasteiger partial charge < -0.3 is 15.4 Å². The number of hydrogen-bond acceptors (Lipinski definition) is 3. The Kier molecular flexibility index (Phi) is 5.35. The van der Waals surface area contributed by atoms with Crippen molar-refractivity contribution in [3.63, 3.8) is 0 Å². The molecule has 78 valence electrons. The van der Waals surface area contributed by atoms with Gasteiger partial charge in [-0.25, -0.2) is 0 Å². The van der Waals surface area contributed by atoms with Crippen LogP contribution in [0.25, 0.3) is 0 Å². The van der Waals surface area contributed by atoms with E-state index in [1.807, 2.05) is 7.05 Å². The normalized spacial score (nSPS) is 25.8. The molecule has 0 aromatic carbocycles. The van der Waals surface area contributed by atoms with Gasteiger partial charge >= 0.3 is 0 Å². The summed E-state index contributed by atoms with van der Waals surface area (Å²) in [6.07, 6.45) is 4.24. The van der Waals surface area contributed by atoms with Crippen LogP contribution in [0.2, 0.25) is 0 Å². The Hall–Kier alpha value is -0.120. The molecule has 1 aliphatic heterocycles. The highest BCUT2D eigenvalue weighted by Gasteiger charge is 2.13. The van der Waals surface area contributed by atoms with Crippen molar-refractivity contribution >= 4 is 0 Å². The number of ether oxygens (including phenoxy) is 1. The van der Waals surface area contributed by atoms with Gasteiger partial charge in [0.2, 0.25) is 0 Å². The summed E-state index contributed by atoms with van der Waals surface area (Å²) in [5, 5.41) is 6.62. The van der Waals surface area contributed by atoms with E-state index in [1.165, 1.54) is 19.3 Å². The Labute approximate surface area is 81.2 Å². The molecule has 3 nitrogen and oxygen atoms in total. The topological polar surface area (TPSA) is 33.3 Å². The van der Waals surface area contributed by atoms with Crippen LogP contribution in [-0.4, -0.2) is 38.9 Å². The molecule has 0 spiro atoms. The van der Waals surface area contributed by atoms with Crippen LogP contribution in [0.1, 0.15) is 26.2 Å². The molecule has 0 bridgehead atoms. The Morgan fingerprint density at radius 1 is 1.46 bits per heavy atom. The van der Waals surface area contributed by atoms with Gasteiger partial charge in [-0.05, 0) is 33.2 Å². The lowest BCUT2D eigenvalue weighted by atomic mass is 10.1. The van der Waals surface area contributed by atoms with Crippen LogP contribution in [-0.2, 0) is 4.74 Å². The fourth-order valence-electron chi connectivity index (χ4n) is 1.68. The first kappa shape index (κ1) is 11.0. The molecule has 0 aliphatic carbocycles. The first-order chi connectivity index (χ1) is 6.33. The van der Waals surface area contributed by atoms with Gasteiger partial charge in [-0.15, -0.1) is 0 Å². The molecule has 2 unspecified atom stereocenters. The van der Waals surface area contributed by atoms with Gasteiger partial charge in [-0.1, -0.05) is 0 Å². The van der Waals surface area contributed by atoms with Crippen LogP contribution in [0.4, 0.5) is 0 Å². The molecule has 0 saturated carbocycles. The zero-order valence-electron chi connectivity index (χ0n) is 8.81. The predicted octanol–water partition coefficient (Wildman–Crippen LogP) is 0.753. The van der Waals surface area contributed by atoms with Crippen LogP contribution < -0.4 is 10.6 Å². The van der Waals surface area contributed by atoms with Gasteiger partial charge in [0, 0.05) is 25.7 Å². The zero-order chi connectivity index (χ0) is 9.52. The average Bonchev–Trinajstić information content (AvgIpc) is 2.17. The Morgan fingerprint density at radius 3 is 2.92 bits per heavy atom. The van der Waals surface area contributed by atoms with E-state index in [4.69, 9.17) is 4.74 Å². The zero-order valence-corrected chi connectivity index (χ0v) is 8.81. The van der Waals surface area contributed by atoms with Crippen LogP contribution >= 0.6 is 0 Å². The SMILES string of the molecule is CNCC(C)NCC1CCCCO1. The molecule has 1 fully saturated rings.